The van der Waals surface area contributed by atoms with Crippen molar-refractivity contribution in [2.75, 3.05) is 50.9 Å². The van der Waals surface area contributed by atoms with Gasteiger partial charge in [-0.05, 0) is 95.9 Å². The van der Waals surface area contributed by atoms with Crippen LogP contribution < -0.4 is 4.90 Å². The van der Waals surface area contributed by atoms with Crippen LogP contribution in [-0.4, -0.2) is 94.7 Å². The lowest BCUT2D eigenvalue weighted by molar-refractivity contribution is -0.180. The Labute approximate surface area is 259 Å². The van der Waals surface area contributed by atoms with Crippen molar-refractivity contribution in [3.63, 3.8) is 0 Å². The van der Waals surface area contributed by atoms with Crippen LogP contribution >= 0.6 is 0 Å². The largest absolute Gasteiger partial charge is 0.444 e. The molecule has 1 amide bonds. The van der Waals surface area contributed by atoms with Crippen LogP contribution in [0.2, 0.25) is 0 Å². The third kappa shape index (κ3) is 7.16. The van der Waals surface area contributed by atoms with Crippen LogP contribution in [0.4, 0.5) is 10.6 Å². The number of fused-ring (bicyclic) bond motifs is 1. The molecule has 11 nitrogen and oxygen atoms in total. The maximum Gasteiger partial charge on any atom is 0.410 e. The van der Waals surface area contributed by atoms with Gasteiger partial charge in [0.15, 0.2) is 12.1 Å². The van der Waals surface area contributed by atoms with Crippen LogP contribution in [0.3, 0.4) is 0 Å². The molecule has 0 bridgehead atoms. The highest BCUT2D eigenvalue weighted by molar-refractivity contribution is 5.82. The summed E-state index contributed by atoms with van der Waals surface area (Å²) in [5, 5.41) is 5.84. The average Bonchev–Trinajstić information content (AvgIpc) is 3.42. The predicted molar refractivity (Wildman–Crippen MR) is 167 cm³/mol. The summed E-state index contributed by atoms with van der Waals surface area (Å²) in [7, 11) is 0. The third-order valence-corrected chi connectivity index (χ3v) is 8.64. The Bertz CT molecular complexity index is 1450. The van der Waals surface area contributed by atoms with Gasteiger partial charge in [-0.2, -0.15) is 5.10 Å². The molecule has 44 heavy (non-hydrogen) atoms. The van der Waals surface area contributed by atoms with E-state index in [9.17, 15) is 4.79 Å². The van der Waals surface area contributed by atoms with Gasteiger partial charge in [0, 0.05) is 44.2 Å². The summed E-state index contributed by atoms with van der Waals surface area (Å²) in [5.74, 6) is 2.65. The first kappa shape index (κ1) is 30.7. The molecule has 1 unspecified atom stereocenters. The van der Waals surface area contributed by atoms with Crippen molar-refractivity contribution in [2.45, 2.75) is 90.6 Å². The molecule has 0 saturated carbocycles. The van der Waals surface area contributed by atoms with Crippen LogP contribution in [0.25, 0.3) is 16.7 Å². The Kier molecular flexibility index (Phi) is 9.07. The van der Waals surface area contributed by atoms with Gasteiger partial charge in [0.05, 0.1) is 31.0 Å². The summed E-state index contributed by atoms with van der Waals surface area (Å²) in [6.45, 7) is 14.5. The zero-order chi connectivity index (χ0) is 30.8. The number of hydrogen-bond acceptors (Lipinski definition) is 9. The Morgan fingerprint density at radius 3 is 2.52 bits per heavy atom. The van der Waals surface area contributed by atoms with Crippen molar-refractivity contribution in [3.8, 4) is 5.82 Å². The van der Waals surface area contributed by atoms with E-state index in [-0.39, 0.29) is 18.5 Å². The monoisotopic (exact) mass is 606 g/mol. The molecule has 3 aliphatic heterocycles. The number of nitrogens with zero attached hydrogens (tertiary/aromatic N) is 6. The zero-order valence-electron chi connectivity index (χ0n) is 26.8. The molecule has 3 aromatic rings. The summed E-state index contributed by atoms with van der Waals surface area (Å²) in [4.78, 5) is 26.3. The number of benzene rings is 1. The number of rotatable bonds is 6. The third-order valence-electron chi connectivity index (χ3n) is 8.64. The fraction of sp³-hybridized carbons (Fsp3) is 0.636. The van der Waals surface area contributed by atoms with Crippen molar-refractivity contribution in [3.05, 3.63) is 41.3 Å². The van der Waals surface area contributed by atoms with Crippen molar-refractivity contribution >= 4 is 22.8 Å². The molecule has 1 aromatic carbocycles. The smallest absolute Gasteiger partial charge is 0.410 e. The lowest BCUT2D eigenvalue weighted by Gasteiger charge is -2.34. The van der Waals surface area contributed by atoms with Gasteiger partial charge in [-0.15, -0.1) is 0 Å². The van der Waals surface area contributed by atoms with Crippen LogP contribution in [0.15, 0.2) is 24.4 Å². The number of aryl methyl sites for hydroxylation is 2. The molecule has 0 radical (unpaired) electrons. The number of aromatic nitrogens is 4. The van der Waals surface area contributed by atoms with E-state index in [4.69, 9.17) is 34.0 Å². The Balaban J connectivity index is 1.18. The van der Waals surface area contributed by atoms with Gasteiger partial charge >= 0.3 is 6.09 Å². The highest BCUT2D eigenvalue weighted by Crippen LogP contribution is 2.34. The minimum absolute atomic E-state index is 0.0502. The summed E-state index contributed by atoms with van der Waals surface area (Å²) in [5.41, 5.74) is 3.07. The number of piperidine rings is 1. The van der Waals surface area contributed by atoms with Crippen LogP contribution in [0, 0.1) is 13.8 Å². The van der Waals surface area contributed by atoms with E-state index in [1.165, 1.54) is 11.1 Å². The lowest BCUT2D eigenvalue weighted by Crippen LogP contribution is -2.45. The summed E-state index contributed by atoms with van der Waals surface area (Å²) >= 11 is 0. The Morgan fingerprint density at radius 2 is 1.77 bits per heavy atom. The second-order valence-corrected chi connectivity index (χ2v) is 13.3. The topological polar surface area (TPSA) is 104 Å². The number of hydrogen-bond donors (Lipinski definition) is 0. The van der Waals surface area contributed by atoms with Gasteiger partial charge in [0.25, 0.3) is 0 Å². The van der Waals surface area contributed by atoms with Crippen LogP contribution in [0.1, 0.15) is 75.7 Å². The molecular weight excluding hydrogens is 560 g/mol. The minimum Gasteiger partial charge on any atom is -0.444 e. The second kappa shape index (κ2) is 13.0. The Hall–Kier alpha value is -3.28. The van der Waals surface area contributed by atoms with Crippen LogP contribution in [-0.2, 0) is 18.9 Å². The van der Waals surface area contributed by atoms with E-state index >= 15 is 0 Å². The molecule has 238 valence electrons. The molecule has 2 atom stereocenters. The Morgan fingerprint density at radius 1 is 0.977 bits per heavy atom. The van der Waals surface area contributed by atoms with Gasteiger partial charge < -0.3 is 28.7 Å². The van der Waals surface area contributed by atoms with Crippen molar-refractivity contribution in [2.24, 2.45) is 0 Å². The molecule has 11 heteroatoms. The number of anilines is 1. The lowest BCUT2D eigenvalue weighted by atomic mass is 9.86. The maximum atomic E-state index is 12.6. The molecule has 3 fully saturated rings. The van der Waals surface area contributed by atoms with E-state index in [2.05, 4.69) is 24.0 Å². The number of morpholine rings is 1. The fourth-order valence-corrected chi connectivity index (χ4v) is 6.42. The van der Waals surface area contributed by atoms with Crippen molar-refractivity contribution in [1.29, 1.82) is 0 Å². The van der Waals surface area contributed by atoms with E-state index < -0.39 is 5.60 Å². The normalized spacial score (nSPS) is 22.0. The molecule has 6 rings (SSSR count). The second-order valence-electron chi connectivity index (χ2n) is 13.3. The van der Waals surface area contributed by atoms with E-state index in [1.54, 1.807) is 0 Å². The molecule has 0 N–H and O–H groups in total. The predicted octanol–water partition coefficient (Wildman–Crippen LogP) is 5.30. The highest BCUT2D eigenvalue weighted by atomic mass is 16.7. The quantitative estimate of drug-likeness (QED) is 0.370. The molecule has 2 aromatic heterocycles. The minimum atomic E-state index is -0.491. The SMILES string of the molecule is Cc1nc(N2CCO[C@@H](COC3CCCCO3)C2)cc(-n2ncc3cc(C)c(C4CCN(C(=O)OC(C)(C)C)CC4)cc32)n1. The van der Waals surface area contributed by atoms with Gasteiger partial charge in [-0.3, -0.25) is 0 Å². The first-order chi connectivity index (χ1) is 21.1. The molecule has 3 aliphatic rings. The van der Waals surface area contributed by atoms with E-state index in [0.717, 1.165) is 67.8 Å². The molecule has 5 heterocycles. The number of likely N-dealkylation sites (tertiary alicyclic amines) is 1. The van der Waals surface area contributed by atoms with E-state index in [0.29, 0.717) is 44.6 Å². The molecule has 0 spiro atoms. The number of carbonyl (C=O) groups excluding carboxylic acids is 1. The molecule has 0 aliphatic carbocycles. The first-order valence-electron chi connectivity index (χ1n) is 16.0. The first-order valence-corrected chi connectivity index (χ1v) is 16.0. The maximum absolute atomic E-state index is 12.6. The van der Waals surface area contributed by atoms with Gasteiger partial charge in [-0.1, -0.05) is 0 Å². The van der Waals surface area contributed by atoms with Gasteiger partial charge in [0.1, 0.15) is 17.2 Å². The molecular formula is C33H46N6O5. The standard InChI is InChI=1S/C33H46N6O5/c1-22-16-25-19-34-39(28(25)17-27(22)24-9-11-37(12-10-24)32(40)44-33(3,4)5)30-18-29(35-23(2)36-30)38-13-15-41-26(20-38)21-43-31-8-6-7-14-42-31/h16-19,24,26,31H,6-15,20-21H2,1-5H3/t26-,31?/m1/s1. The summed E-state index contributed by atoms with van der Waals surface area (Å²) in [6, 6.07) is 6.50. The van der Waals surface area contributed by atoms with Gasteiger partial charge in [-0.25, -0.2) is 19.4 Å². The van der Waals surface area contributed by atoms with Crippen molar-refractivity contribution in [1.82, 2.24) is 24.6 Å². The zero-order valence-corrected chi connectivity index (χ0v) is 26.8. The summed E-state index contributed by atoms with van der Waals surface area (Å²) < 4.78 is 25.3. The average molecular weight is 607 g/mol. The number of carbonyl (C=O) groups is 1. The molecule has 3 saturated heterocycles. The van der Waals surface area contributed by atoms with E-state index in [1.807, 2.05) is 49.5 Å². The van der Waals surface area contributed by atoms with Crippen LogP contribution in [0.5, 0.6) is 0 Å². The summed E-state index contributed by atoms with van der Waals surface area (Å²) in [6.07, 6.45) is 6.47. The van der Waals surface area contributed by atoms with Crippen molar-refractivity contribution < 1.29 is 23.7 Å². The highest BCUT2D eigenvalue weighted by Gasteiger charge is 2.29. The number of ether oxygens (including phenoxy) is 4. The fourth-order valence-electron chi connectivity index (χ4n) is 6.42. The number of amides is 1. The van der Waals surface area contributed by atoms with Gasteiger partial charge in [0.2, 0.25) is 0 Å².